The van der Waals surface area contributed by atoms with Crippen LogP contribution in [0.1, 0.15) is 6.92 Å². The largest absolute Gasteiger partial charge is 0.477 e. The van der Waals surface area contributed by atoms with Gasteiger partial charge in [0.1, 0.15) is 0 Å². The van der Waals surface area contributed by atoms with Gasteiger partial charge in [-0.15, -0.1) is 23.5 Å². The van der Waals surface area contributed by atoms with Crippen molar-refractivity contribution in [1.29, 1.82) is 0 Å². The third-order valence-corrected chi connectivity index (χ3v) is 3.28. The average molecular weight is 162 g/mol. The first kappa shape index (κ1) is 7.02. The fraction of sp³-hybridized carbons (Fsp3) is 0.400. The third kappa shape index (κ3) is 1.66. The molecule has 1 atom stereocenters. The molecule has 0 aromatic heterocycles. The Labute approximate surface area is 61.7 Å². The van der Waals surface area contributed by atoms with Crippen molar-refractivity contribution in [2.45, 2.75) is 11.5 Å². The number of carboxylic acids is 1. The Balaban J connectivity index is 2.55. The molecule has 0 radical (unpaired) electrons. The lowest BCUT2D eigenvalue weighted by atomic mass is 10.7. The first-order chi connectivity index (χ1) is 4.20. The maximum Gasteiger partial charge on any atom is 0.342 e. The molecule has 1 N–H and O–H groups in total. The minimum absolute atomic E-state index is 0.371. The van der Waals surface area contributed by atoms with E-state index >= 15 is 0 Å². The van der Waals surface area contributed by atoms with E-state index in [4.69, 9.17) is 5.11 Å². The standard InChI is InChI=1S/C5H6O2S2/c1-3-8-2-4(9-3)5(6)7/h2-3H,1H3,(H,6,7). The van der Waals surface area contributed by atoms with Crippen LogP contribution in [0.15, 0.2) is 10.3 Å². The van der Waals surface area contributed by atoms with E-state index in [0.717, 1.165) is 0 Å². The summed E-state index contributed by atoms with van der Waals surface area (Å²) < 4.78 is 0.371. The van der Waals surface area contributed by atoms with Crippen LogP contribution in [-0.4, -0.2) is 15.7 Å². The van der Waals surface area contributed by atoms with Crippen molar-refractivity contribution in [2.75, 3.05) is 0 Å². The SMILES string of the molecule is CC1SC=C(C(=O)O)S1. The summed E-state index contributed by atoms with van der Waals surface area (Å²) in [4.78, 5) is 10.7. The zero-order chi connectivity index (χ0) is 6.85. The predicted octanol–water partition coefficient (Wildman–Crippen LogP) is 1.74. The molecule has 0 aromatic carbocycles. The number of hydrogen-bond acceptors (Lipinski definition) is 3. The van der Waals surface area contributed by atoms with Crippen molar-refractivity contribution in [3.05, 3.63) is 10.3 Å². The van der Waals surface area contributed by atoms with E-state index in [9.17, 15) is 4.79 Å². The smallest absolute Gasteiger partial charge is 0.342 e. The highest BCUT2D eigenvalue weighted by atomic mass is 32.2. The monoisotopic (exact) mass is 162 g/mol. The lowest BCUT2D eigenvalue weighted by Gasteiger charge is -1.95. The maximum absolute atomic E-state index is 10.2. The fourth-order valence-electron chi connectivity index (χ4n) is 0.493. The van der Waals surface area contributed by atoms with Crippen LogP contribution in [0.25, 0.3) is 0 Å². The van der Waals surface area contributed by atoms with E-state index in [2.05, 4.69) is 0 Å². The Kier molecular flexibility index (Phi) is 2.08. The van der Waals surface area contributed by atoms with Gasteiger partial charge in [-0.3, -0.25) is 0 Å². The molecule has 0 amide bonds. The van der Waals surface area contributed by atoms with Crippen molar-refractivity contribution in [3.63, 3.8) is 0 Å². The van der Waals surface area contributed by atoms with E-state index < -0.39 is 5.97 Å². The quantitative estimate of drug-likeness (QED) is 0.637. The van der Waals surface area contributed by atoms with Gasteiger partial charge in [0.15, 0.2) is 0 Å². The molecule has 9 heavy (non-hydrogen) atoms. The average Bonchev–Trinajstić information content (AvgIpc) is 2.14. The van der Waals surface area contributed by atoms with Gasteiger partial charge in [0, 0.05) is 0 Å². The predicted molar refractivity (Wildman–Crippen MR) is 40.4 cm³/mol. The summed E-state index contributed by atoms with van der Waals surface area (Å²) in [6.07, 6.45) is 0. The van der Waals surface area contributed by atoms with Gasteiger partial charge >= 0.3 is 5.97 Å². The zero-order valence-electron chi connectivity index (χ0n) is 4.83. The molecule has 1 heterocycles. The molecule has 0 aliphatic carbocycles. The van der Waals surface area contributed by atoms with Crippen LogP contribution < -0.4 is 0 Å². The van der Waals surface area contributed by atoms with Crippen molar-refractivity contribution in [2.24, 2.45) is 0 Å². The van der Waals surface area contributed by atoms with E-state index in [0.29, 0.717) is 9.49 Å². The number of aliphatic carboxylic acids is 1. The molecule has 50 valence electrons. The fourth-order valence-corrected chi connectivity index (χ4v) is 2.46. The van der Waals surface area contributed by atoms with Gasteiger partial charge in [0.2, 0.25) is 0 Å². The summed E-state index contributed by atoms with van der Waals surface area (Å²) in [5.41, 5.74) is 0. The molecule has 0 bridgehead atoms. The molecule has 1 unspecified atom stereocenters. The van der Waals surface area contributed by atoms with Gasteiger partial charge in [-0.25, -0.2) is 4.79 Å². The van der Waals surface area contributed by atoms with Crippen molar-refractivity contribution in [3.8, 4) is 0 Å². The summed E-state index contributed by atoms with van der Waals surface area (Å²) >= 11 is 2.95. The van der Waals surface area contributed by atoms with Gasteiger partial charge < -0.3 is 5.11 Å². The van der Waals surface area contributed by atoms with Crippen LogP contribution in [0.4, 0.5) is 0 Å². The first-order valence-electron chi connectivity index (χ1n) is 2.45. The van der Waals surface area contributed by atoms with E-state index in [1.807, 2.05) is 6.92 Å². The summed E-state index contributed by atoms with van der Waals surface area (Å²) in [6, 6.07) is 0. The van der Waals surface area contributed by atoms with Gasteiger partial charge in [-0.1, -0.05) is 0 Å². The van der Waals surface area contributed by atoms with Crippen LogP contribution in [0, 0.1) is 0 Å². The highest BCUT2D eigenvalue weighted by Crippen LogP contribution is 2.39. The lowest BCUT2D eigenvalue weighted by Crippen LogP contribution is -1.94. The molecule has 0 saturated heterocycles. The second kappa shape index (κ2) is 2.66. The summed E-state index contributed by atoms with van der Waals surface area (Å²) in [6.45, 7) is 1.99. The van der Waals surface area contributed by atoms with E-state index in [1.165, 1.54) is 11.8 Å². The van der Waals surface area contributed by atoms with Crippen LogP contribution in [0.5, 0.6) is 0 Å². The molecule has 2 nitrogen and oxygen atoms in total. The summed E-state index contributed by atoms with van der Waals surface area (Å²) in [7, 11) is 0. The van der Waals surface area contributed by atoms with E-state index in [1.54, 1.807) is 17.2 Å². The summed E-state index contributed by atoms with van der Waals surface area (Å²) in [5.74, 6) is -0.808. The Morgan fingerprint density at radius 3 is 2.78 bits per heavy atom. The Bertz CT molecular complexity index is 164. The van der Waals surface area contributed by atoms with Crippen molar-refractivity contribution >= 4 is 29.5 Å². The van der Waals surface area contributed by atoms with Crippen LogP contribution >= 0.6 is 23.5 Å². The normalized spacial score (nSPS) is 25.9. The number of carbonyl (C=O) groups is 1. The van der Waals surface area contributed by atoms with E-state index in [-0.39, 0.29) is 0 Å². The second-order valence-corrected chi connectivity index (χ2v) is 4.50. The highest BCUT2D eigenvalue weighted by Gasteiger charge is 2.18. The Morgan fingerprint density at radius 1 is 1.89 bits per heavy atom. The van der Waals surface area contributed by atoms with Gasteiger partial charge in [-0.05, 0) is 12.3 Å². The first-order valence-corrected chi connectivity index (χ1v) is 4.28. The number of rotatable bonds is 1. The Morgan fingerprint density at radius 2 is 2.56 bits per heavy atom. The number of hydrogen-bond donors (Lipinski definition) is 1. The summed E-state index contributed by atoms with van der Waals surface area (Å²) in [5, 5.41) is 10.1. The highest BCUT2D eigenvalue weighted by molar-refractivity contribution is 8.23. The maximum atomic E-state index is 10.2. The molecule has 0 spiro atoms. The third-order valence-electron chi connectivity index (χ3n) is 0.870. The zero-order valence-corrected chi connectivity index (χ0v) is 6.46. The number of thioether (sulfide) groups is 2. The van der Waals surface area contributed by atoms with Gasteiger partial charge in [0.25, 0.3) is 0 Å². The van der Waals surface area contributed by atoms with Crippen molar-refractivity contribution in [1.82, 2.24) is 0 Å². The molecule has 0 saturated carbocycles. The molecule has 4 heteroatoms. The van der Waals surface area contributed by atoms with Gasteiger partial charge in [-0.2, -0.15) is 0 Å². The molecule has 0 aromatic rings. The Hall–Kier alpha value is -0.0900. The number of carboxylic acid groups (broad SMARTS) is 1. The molecular weight excluding hydrogens is 156 g/mol. The lowest BCUT2D eigenvalue weighted by molar-refractivity contribution is -0.131. The molecule has 1 aliphatic heterocycles. The second-order valence-electron chi connectivity index (χ2n) is 1.61. The van der Waals surface area contributed by atoms with Crippen molar-refractivity contribution < 1.29 is 9.90 Å². The minimum atomic E-state index is -0.808. The van der Waals surface area contributed by atoms with Crippen LogP contribution in [0.3, 0.4) is 0 Å². The molecule has 1 rings (SSSR count). The molecule has 1 aliphatic rings. The van der Waals surface area contributed by atoms with Crippen LogP contribution in [-0.2, 0) is 4.79 Å². The molecule has 0 fully saturated rings. The topological polar surface area (TPSA) is 37.3 Å². The van der Waals surface area contributed by atoms with Gasteiger partial charge in [0.05, 0.1) is 9.49 Å². The minimum Gasteiger partial charge on any atom is -0.477 e. The van der Waals surface area contributed by atoms with Crippen LogP contribution in [0.2, 0.25) is 0 Å². The molecular formula is C5H6O2S2.